The summed E-state index contributed by atoms with van der Waals surface area (Å²) in [6, 6.07) is 11.6. The van der Waals surface area contributed by atoms with E-state index in [0.29, 0.717) is 10.9 Å². The number of carbonyl (C=O) groups is 2. The van der Waals surface area contributed by atoms with Crippen molar-refractivity contribution in [2.45, 2.75) is 18.3 Å². The molecule has 0 aromatic heterocycles. The van der Waals surface area contributed by atoms with Gasteiger partial charge in [-0.15, -0.1) is 0 Å². The van der Waals surface area contributed by atoms with Crippen LogP contribution in [0.3, 0.4) is 0 Å². The smallest absolute Gasteiger partial charge is 0.416 e. The van der Waals surface area contributed by atoms with Gasteiger partial charge in [0.15, 0.2) is 5.17 Å². The molecular weight excluding hydrogens is 407 g/mol. The molecule has 0 bridgehead atoms. The van der Waals surface area contributed by atoms with Gasteiger partial charge in [-0.05, 0) is 37.3 Å². The van der Waals surface area contributed by atoms with Gasteiger partial charge in [0.05, 0.1) is 11.3 Å². The van der Waals surface area contributed by atoms with E-state index in [0.717, 1.165) is 29.5 Å². The second-order valence-electron chi connectivity index (χ2n) is 6.15. The number of carbonyl (C=O) groups excluding carboxylic acids is 2. The van der Waals surface area contributed by atoms with Crippen molar-refractivity contribution >= 4 is 40.3 Å². The van der Waals surface area contributed by atoms with Crippen molar-refractivity contribution in [1.82, 2.24) is 5.32 Å². The first-order chi connectivity index (χ1) is 13.7. The van der Waals surface area contributed by atoms with E-state index in [2.05, 4.69) is 15.6 Å². The highest BCUT2D eigenvalue weighted by molar-refractivity contribution is 8.15. The maximum atomic E-state index is 12.7. The molecule has 0 saturated carbocycles. The highest BCUT2D eigenvalue weighted by Crippen LogP contribution is 2.30. The molecule has 2 amide bonds. The number of ether oxygens (including phenoxy) is 1. The summed E-state index contributed by atoms with van der Waals surface area (Å²) in [6.07, 6.45) is -5.48. The second-order valence-corrected chi connectivity index (χ2v) is 7.34. The third-order valence-electron chi connectivity index (χ3n) is 3.84. The molecule has 3 rings (SSSR count). The first-order valence-electron chi connectivity index (χ1n) is 8.44. The number of hydrogen-bond donors (Lipinski definition) is 2. The number of thioether (sulfide) groups is 1. The molecule has 0 spiro atoms. The standard InChI is InChI=1S/C19H16F3N3O3S/c1-11-5-7-13(8-6-11)23-17-25-16(26)15(29-17)10-28-18(27)24-14-4-2-3-12(9-14)19(20,21)22/h2-9,15H,10H2,1H3,(H,24,27)(H,23,25,26). The number of anilines is 1. The van der Waals surface area contributed by atoms with Crippen molar-refractivity contribution in [3.63, 3.8) is 0 Å². The van der Waals surface area contributed by atoms with Gasteiger partial charge in [0, 0.05) is 5.69 Å². The van der Waals surface area contributed by atoms with Crippen molar-refractivity contribution in [3.8, 4) is 0 Å². The quantitative estimate of drug-likeness (QED) is 0.760. The SMILES string of the molecule is Cc1ccc(N=C2NC(=O)C(COC(=O)Nc3cccc(C(F)(F)F)c3)S2)cc1. The lowest BCUT2D eigenvalue weighted by Gasteiger charge is -2.11. The molecule has 1 unspecified atom stereocenters. The summed E-state index contributed by atoms with van der Waals surface area (Å²) in [7, 11) is 0. The number of rotatable bonds is 4. The Balaban J connectivity index is 1.54. The van der Waals surface area contributed by atoms with Gasteiger partial charge in [-0.1, -0.05) is 35.5 Å². The average Bonchev–Trinajstić information content (AvgIpc) is 3.01. The van der Waals surface area contributed by atoms with Crippen LogP contribution in [0.25, 0.3) is 0 Å². The number of nitrogens with one attached hydrogen (secondary N) is 2. The highest BCUT2D eigenvalue weighted by Gasteiger charge is 2.32. The van der Waals surface area contributed by atoms with E-state index in [1.54, 1.807) is 12.1 Å². The fraction of sp³-hybridized carbons (Fsp3) is 0.211. The molecule has 2 N–H and O–H groups in total. The van der Waals surface area contributed by atoms with Gasteiger partial charge < -0.3 is 10.1 Å². The number of amides is 2. The summed E-state index contributed by atoms with van der Waals surface area (Å²) < 4.78 is 43.1. The maximum Gasteiger partial charge on any atom is 0.416 e. The lowest BCUT2D eigenvalue weighted by Crippen LogP contribution is -2.29. The van der Waals surface area contributed by atoms with Crippen LogP contribution in [0.4, 0.5) is 29.3 Å². The molecule has 1 aliphatic rings. The van der Waals surface area contributed by atoms with Crippen molar-refractivity contribution < 1.29 is 27.5 Å². The molecule has 1 saturated heterocycles. The summed E-state index contributed by atoms with van der Waals surface area (Å²) >= 11 is 1.11. The molecule has 6 nitrogen and oxygen atoms in total. The molecule has 29 heavy (non-hydrogen) atoms. The molecule has 1 aliphatic heterocycles. The van der Waals surface area contributed by atoms with Gasteiger partial charge in [0.1, 0.15) is 11.9 Å². The van der Waals surface area contributed by atoms with Crippen LogP contribution >= 0.6 is 11.8 Å². The molecule has 152 valence electrons. The minimum Gasteiger partial charge on any atom is -0.448 e. The zero-order valence-corrected chi connectivity index (χ0v) is 15.9. The van der Waals surface area contributed by atoms with Crippen molar-refractivity contribution in [3.05, 3.63) is 59.7 Å². The highest BCUT2D eigenvalue weighted by atomic mass is 32.2. The monoisotopic (exact) mass is 423 g/mol. The van der Waals surface area contributed by atoms with E-state index in [1.807, 2.05) is 19.1 Å². The fourth-order valence-electron chi connectivity index (χ4n) is 2.38. The number of halogens is 3. The Kier molecular flexibility index (Phi) is 6.12. The summed E-state index contributed by atoms with van der Waals surface area (Å²) in [5.74, 6) is -0.368. The minimum atomic E-state index is -4.52. The molecule has 1 heterocycles. The Morgan fingerprint density at radius 1 is 1.24 bits per heavy atom. The van der Waals surface area contributed by atoms with Crippen LogP contribution in [0.15, 0.2) is 53.5 Å². The van der Waals surface area contributed by atoms with Gasteiger partial charge in [0.25, 0.3) is 0 Å². The summed E-state index contributed by atoms with van der Waals surface area (Å²) in [6.45, 7) is 1.69. The van der Waals surface area contributed by atoms with E-state index in [9.17, 15) is 22.8 Å². The number of aliphatic imine (C=N–C) groups is 1. The molecule has 0 aliphatic carbocycles. The zero-order chi connectivity index (χ0) is 21.0. The van der Waals surface area contributed by atoms with Crippen molar-refractivity contribution in [1.29, 1.82) is 0 Å². The molecule has 0 radical (unpaired) electrons. The van der Waals surface area contributed by atoms with Crippen LogP contribution in [0.2, 0.25) is 0 Å². The van der Waals surface area contributed by atoms with Crippen LogP contribution in [0.1, 0.15) is 11.1 Å². The largest absolute Gasteiger partial charge is 0.448 e. The lowest BCUT2D eigenvalue weighted by atomic mass is 10.2. The fourth-order valence-corrected chi connectivity index (χ4v) is 3.27. The van der Waals surface area contributed by atoms with Crippen LogP contribution in [0, 0.1) is 6.92 Å². The third kappa shape index (κ3) is 5.74. The molecule has 1 atom stereocenters. The lowest BCUT2D eigenvalue weighted by molar-refractivity contribution is -0.137. The summed E-state index contributed by atoms with van der Waals surface area (Å²) in [5, 5.41) is 4.50. The molecule has 10 heteroatoms. The Morgan fingerprint density at radius 2 is 1.97 bits per heavy atom. The third-order valence-corrected chi connectivity index (χ3v) is 4.89. The normalized spacial score (nSPS) is 17.9. The molecular formula is C19H16F3N3O3S. The number of aryl methyl sites for hydroxylation is 1. The average molecular weight is 423 g/mol. The Labute approximate surface area is 168 Å². The van der Waals surface area contributed by atoms with Gasteiger partial charge in [-0.2, -0.15) is 13.2 Å². The van der Waals surface area contributed by atoms with E-state index in [4.69, 9.17) is 4.74 Å². The molecule has 2 aromatic rings. The Bertz CT molecular complexity index is 946. The molecule has 2 aromatic carbocycles. The maximum absolute atomic E-state index is 12.7. The van der Waals surface area contributed by atoms with Gasteiger partial charge in [-0.25, -0.2) is 9.79 Å². The summed E-state index contributed by atoms with van der Waals surface area (Å²) in [5.41, 5.74) is 0.797. The predicted octanol–water partition coefficient (Wildman–Crippen LogP) is 4.48. The number of nitrogens with zero attached hydrogens (tertiary/aromatic N) is 1. The van der Waals surface area contributed by atoms with Crippen LogP contribution in [-0.4, -0.2) is 29.0 Å². The Hall–Kier alpha value is -3.01. The summed E-state index contributed by atoms with van der Waals surface area (Å²) in [4.78, 5) is 28.2. The topological polar surface area (TPSA) is 79.8 Å². The minimum absolute atomic E-state index is 0.0602. The number of alkyl halides is 3. The first kappa shape index (κ1) is 20.7. The van der Waals surface area contributed by atoms with Gasteiger partial charge >= 0.3 is 12.3 Å². The van der Waals surface area contributed by atoms with E-state index in [1.165, 1.54) is 12.1 Å². The van der Waals surface area contributed by atoms with E-state index < -0.39 is 23.1 Å². The Morgan fingerprint density at radius 3 is 2.66 bits per heavy atom. The van der Waals surface area contributed by atoms with Crippen molar-refractivity contribution in [2.24, 2.45) is 4.99 Å². The number of amidine groups is 1. The molecule has 1 fully saturated rings. The predicted molar refractivity (Wildman–Crippen MR) is 104 cm³/mol. The van der Waals surface area contributed by atoms with Crippen molar-refractivity contribution in [2.75, 3.05) is 11.9 Å². The first-order valence-corrected chi connectivity index (χ1v) is 9.32. The van der Waals surface area contributed by atoms with Crippen LogP contribution in [-0.2, 0) is 15.7 Å². The number of benzene rings is 2. The van der Waals surface area contributed by atoms with E-state index >= 15 is 0 Å². The van der Waals surface area contributed by atoms with E-state index in [-0.39, 0.29) is 18.2 Å². The number of hydrogen-bond acceptors (Lipinski definition) is 5. The van der Waals surface area contributed by atoms with Crippen LogP contribution in [0.5, 0.6) is 0 Å². The van der Waals surface area contributed by atoms with Gasteiger partial charge in [0.2, 0.25) is 5.91 Å². The van der Waals surface area contributed by atoms with Crippen LogP contribution < -0.4 is 10.6 Å². The second kappa shape index (κ2) is 8.56. The van der Waals surface area contributed by atoms with Gasteiger partial charge in [-0.3, -0.25) is 10.1 Å². The zero-order valence-electron chi connectivity index (χ0n) is 15.1.